The average Bonchev–Trinajstić information content (AvgIpc) is 2.64. The van der Waals surface area contributed by atoms with Gasteiger partial charge in [-0.05, 0) is 37.5 Å². The maximum Gasteiger partial charge on any atom is 0.203 e. The average molecular weight is 349 g/mol. The van der Waals surface area contributed by atoms with Crippen LogP contribution in [-0.4, -0.2) is 52.3 Å². The molecule has 0 saturated heterocycles. The zero-order chi connectivity index (χ0) is 18.7. The van der Waals surface area contributed by atoms with Crippen LogP contribution in [0.4, 0.5) is 0 Å². The summed E-state index contributed by atoms with van der Waals surface area (Å²) in [5.41, 5.74) is 0.990. The molecule has 0 spiro atoms. The molecule has 140 valence electrons. The van der Waals surface area contributed by atoms with Gasteiger partial charge in [-0.25, -0.2) is 4.99 Å². The van der Waals surface area contributed by atoms with Crippen molar-refractivity contribution in [3.8, 4) is 17.2 Å². The summed E-state index contributed by atoms with van der Waals surface area (Å²) in [6.07, 6.45) is 3.99. The minimum absolute atomic E-state index is 0.519. The highest BCUT2D eigenvalue weighted by Crippen LogP contribution is 2.38. The Morgan fingerprint density at radius 1 is 1.20 bits per heavy atom. The van der Waals surface area contributed by atoms with Gasteiger partial charge in [0, 0.05) is 20.1 Å². The molecule has 0 aliphatic rings. The van der Waals surface area contributed by atoms with Crippen LogP contribution in [0.3, 0.4) is 0 Å². The second-order valence-corrected chi connectivity index (χ2v) is 5.56. The van der Waals surface area contributed by atoms with Gasteiger partial charge in [-0.3, -0.25) is 0 Å². The van der Waals surface area contributed by atoms with Crippen LogP contribution >= 0.6 is 0 Å². The molecule has 0 atom stereocenters. The number of ether oxygens (including phenoxy) is 3. The first kappa shape index (κ1) is 20.7. The van der Waals surface area contributed by atoms with Gasteiger partial charge in [0.2, 0.25) is 5.75 Å². The van der Waals surface area contributed by atoms with Crippen molar-refractivity contribution in [2.45, 2.75) is 26.3 Å². The van der Waals surface area contributed by atoms with Crippen LogP contribution in [-0.2, 0) is 6.54 Å². The number of rotatable bonds is 10. The van der Waals surface area contributed by atoms with Crippen molar-refractivity contribution in [2.75, 3.05) is 41.5 Å². The molecule has 0 saturated carbocycles. The molecule has 0 amide bonds. The van der Waals surface area contributed by atoms with E-state index in [9.17, 15) is 0 Å². The molecule has 0 radical (unpaired) electrons. The van der Waals surface area contributed by atoms with Crippen molar-refractivity contribution in [1.82, 2.24) is 10.2 Å². The summed E-state index contributed by atoms with van der Waals surface area (Å²) in [5, 5.41) is 3.32. The first-order valence-electron chi connectivity index (χ1n) is 8.50. The van der Waals surface area contributed by atoms with Gasteiger partial charge < -0.3 is 24.4 Å². The van der Waals surface area contributed by atoms with Crippen molar-refractivity contribution in [3.63, 3.8) is 0 Å². The molecule has 1 aromatic rings. The Labute approximate surface area is 151 Å². The maximum absolute atomic E-state index is 5.40. The van der Waals surface area contributed by atoms with Gasteiger partial charge in [0.25, 0.3) is 0 Å². The first-order chi connectivity index (χ1) is 12.1. The number of nitrogens with one attached hydrogen (secondary N) is 1. The normalized spacial score (nSPS) is 11.0. The molecule has 1 aromatic carbocycles. The van der Waals surface area contributed by atoms with Crippen LogP contribution in [0.5, 0.6) is 17.2 Å². The zero-order valence-corrected chi connectivity index (χ0v) is 16.1. The summed E-state index contributed by atoms with van der Waals surface area (Å²) in [4.78, 5) is 6.85. The van der Waals surface area contributed by atoms with Crippen molar-refractivity contribution < 1.29 is 14.2 Å². The third kappa shape index (κ3) is 6.21. The van der Waals surface area contributed by atoms with E-state index in [1.54, 1.807) is 21.3 Å². The van der Waals surface area contributed by atoms with E-state index in [0.717, 1.165) is 37.5 Å². The van der Waals surface area contributed by atoms with Gasteiger partial charge in [-0.1, -0.05) is 6.08 Å². The fourth-order valence-corrected chi connectivity index (χ4v) is 2.44. The molecule has 1 N–H and O–H groups in total. The number of hydrogen-bond donors (Lipinski definition) is 1. The third-order valence-corrected chi connectivity index (χ3v) is 3.73. The van der Waals surface area contributed by atoms with E-state index >= 15 is 0 Å². The largest absolute Gasteiger partial charge is 0.493 e. The number of aliphatic imine (C=N–C) groups is 1. The number of guanidine groups is 1. The molecule has 1 rings (SSSR count). The van der Waals surface area contributed by atoms with Crippen LogP contribution < -0.4 is 19.5 Å². The summed E-state index contributed by atoms with van der Waals surface area (Å²) in [6.45, 7) is 8.09. The highest BCUT2D eigenvalue weighted by Gasteiger charge is 2.13. The quantitative estimate of drug-likeness (QED) is 0.304. The lowest BCUT2D eigenvalue weighted by atomic mass is 10.2. The van der Waals surface area contributed by atoms with E-state index in [-0.39, 0.29) is 0 Å². The van der Waals surface area contributed by atoms with E-state index in [1.165, 1.54) is 0 Å². The summed E-state index contributed by atoms with van der Waals surface area (Å²) in [5.74, 6) is 2.74. The van der Waals surface area contributed by atoms with Gasteiger partial charge >= 0.3 is 0 Å². The number of hydrogen-bond acceptors (Lipinski definition) is 4. The standard InChI is InChI=1S/C19H31N3O3/c1-7-9-10-11-22(3)19(20-8-2)21-14-15-12-16(23-4)18(25-6)17(13-15)24-5/h7,12-13H,1,8-11,14H2,2-6H3,(H,20,21). The monoisotopic (exact) mass is 349 g/mol. The molecular weight excluding hydrogens is 318 g/mol. The Bertz CT molecular complexity index is 548. The van der Waals surface area contributed by atoms with Gasteiger partial charge in [-0.2, -0.15) is 0 Å². The molecule has 25 heavy (non-hydrogen) atoms. The highest BCUT2D eigenvalue weighted by atomic mass is 16.5. The van der Waals surface area contributed by atoms with E-state index in [4.69, 9.17) is 19.2 Å². The Morgan fingerprint density at radius 3 is 2.32 bits per heavy atom. The number of benzene rings is 1. The third-order valence-electron chi connectivity index (χ3n) is 3.73. The van der Waals surface area contributed by atoms with Crippen LogP contribution in [0.15, 0.2) is 29.8 Å². The van der Waals surface area contributed by atoms with Crippen molar-refractivity contribution in [1.29, 1.82) is 0 Å². The molecular formula is C19H31N3O3. The Morgan fingerprint density at radius 2 is 1.84 bits per heavy atom. The molecule has 0 fully saturated rings. The second-order valence-electron chi connectivity index (χ2n) is 5.56. The van der Waals surface area contributed by atoms with Gasteiger partial charge in [-0.15, -0.1) is 6.58 Å². The summed E-state index contributed by atoms with van der Waals surface area (Å²) in [7, 11) is 6.86. The molecule has 6 nitrogen and oxygen atoms in total. The van der Waals surface area contributed by atoms with Crippen molar-refractivity contribution in [2.24, 2.45) is 4.99 Å². The predicted molar refractivity (Wildman–Crippen MR) is 103 cm³/mol. The summed E-state index contributed by atoms with van der Waals surface area (Å²) in [6, 6.07) is 3.85. The lowest BCUT2D eigenvalue weighted by Gasteiger charge is -2.22. The topological polar surface area (TPSA) is 55.3 Å². The maximum atomic E-state index is 5.40. The number of nitrogens with zero attached hydrogens (tertiary/aromatic N) is 2. The van der Waals surface area contributed by atoms with Crippen LogP contribution in [0.2, 0.25) is 0 Å². The highest BCUT2D eigenvalue weighted by molar-refractivity contribution is 5.79. The van der Waals surface area contributed by atoms with E-state index in [2.05, 4.69) is 23.7 Å². The van der Waals surface area contributed by atoms with Crippen molar-refractivity contribution in [3.05, 3.63) is 30.4 Å². The molecule has 0 heterocycles. The minimum Gasteiger partial charge on any atom is -0.493 e. The molecule has 0 unspecified atom stereocenters. The Balaban J connectivity index is 2.96. The van der Waals surface area contributed by atoms with Crippen LogP contribution in [0.1, 0.15) is 25.3 Å². The van der Waals surface area contributed by atoms with Gasteiger partial charge in [0.1, 0.15) is 0 Å². The first-order valence-corrected chi connectivity index (χ1v) is 8.50. The lowest BCUT2D eigenvalue weighted by molar-refractivity contribution is 0.324. The van der Waals surface area contributed by atoms with Crippen molar-refractivity contribution >= 4 is 5.96 Å². The van der Waals surface area contributed by atoms with E-state index in [1.807, 2.05) is 25.3 Å². The zero-order valence-electron chi connectivity index (χ0n) is 16.1. The fourth-order valence-electron chi connectivity index (χ4n) is 2.44. The Hall–Kier alpha value is -2.37. The SMILES string of the molecule is C=CCCCN(C)C(=NCc1cc(OC)c(OC)c(OC)c1)NCC. The van der Waals surface area contributed by atoms with E-state index < -0.39 is 0 Å². The number of unbranched alkanes of at least 4 members (excludes halogenated alkanes) is 1. The molecule has 0 aliphatic carbocycles. The lowest BCUT2D eigenvalue weighted by Crippen LogP contribution is -2.39. The molecule has 6 heteroatoms. The van der Waals surface area contributed by atoms with E-state index in [0.29, 0.717) is 23.8 Å². The molecule has 0 aromatic heterocycles. The minimum atomic E-state index is 0.519. The fraction of sp³-hybridized carbons (Fsp3) is 0.526. The molecule has 0 bridgehead atoms. The summed E-state index contributed by atoms with van der Waals surface area (Å²) < 4.78 is 16.2. The summed E-state index contributed by atoms with van der Waals surface area (Å²) >= 11 is 0. The Kier molecular flexibility index (Phi) is 9.29. The van der Waals surface area contributed by atoms with Gasteiger partial charge in [0.05, 0.1) is 27.9 Å². The van der Waals surface area contributed by atoms with Crippen LogP contribution in [0, 0.1) is 0 Å². The van der Waals surface area contributed by atoms with Crippen LogP contribution in [0.25, 0.3) is 0 Å². The predicted octanol–water partition coefficient (Wildman–Crippen LogP) is 3.08. The second kappa shape index (κ2) is 11.2. The smallest absolute Gasteiger partial charge is 0.203 e. The number of allylic oxidation sites excluding steroid dienone is 1. The molecule has 0 aliphatic heterocycles. The van der Waals surface area contributed by atoms with Gasteiger partial charge in [0.15, 0.2) is 17.5 Å². The number of methoxy groups -OCH3 is 3.